The van der Waals surface area contributed by atoms with Crippen LogP contribution in [0, 0.1) is 5.92 Å². The molecule has 322 valence electrons. The highest BCUT2D eigenvalue weighted by Gasteiger charge is 2.51. The van der Waals surface area contributed by atoms with E-state index in [1.165, 1.54) is 13.2 Å². The van der Waals surface area contributed by atoms with Gasteiger partial charge < -0.3 is 43.4 Å². The number of nitrogens with zero attached hydrogens (tertiary/aromatic N) is 1. The van der Waals surface area contributed by atoms with Gasteiger partial charge in [0.1, 0.15) is 43.2 Å². The smallest absolute Gasteiger partial charge is 0.417 e. The number of carbonyl (C=O) groups excluding carboxylic acids is 3. The number of halogens is 1. The van der Waals surface area contributed by atoms with Crippen LogP contribution >= 0.6 is 15.9 Å². The number of aliphatic hydroxyl groups is 2. The molecule has 13 nitrogen and oxygen atoms in total. The Morgan fingerprint density at radius 3 is 1.98 bits per heavy atom. The van der Waals surface area contributed by atoms with Crippen molar-refractivity contribution in [3.05, 3.63) is 154 Å². The number of hydrogen-bond acceptors (Lipinski definition) is 12. The van der Waals surface area contributed by atoms with E-state index in [1.54, 1.807) is 24.3 Å². The van der Waals surface area contributed by atoms with Gasteiger partial charge in [-0.25, -0.2) is 9.69 Å². The molecule has 2 amide bonds. The first kappa shape index (κ1) is 44.4. The molecule has 4 aromatic carbocycles. The second-order valence-electron chi connectivity index (χ2n) is 15.1. The van der Waals surface area contributed by atoms with Crippen molar-refractivity contribution in [2.75, 3.05) is 26.9 Å². The first-order valence-electron chi connectivity index (χ1n) is 20.3. The molecular formula is C47H50BrNO12. The van der Waals surface area contributed by atoms with Crippen molar-refractivity contribution < 1.29 is 57.8 Å². The van der Waals surface area contributed by atoms with E-state index in [9.17, 15) is 24.6 Å². The molecule has 0 radical (unpaired) electrons. The van der Waals surface area contributed by atoms with E-state index in [2.05, 4.69) is 15.9 Å². The summed E-state index contributed by atoms with van der Waals surface area (Å²) in [6, 6.07) is 36.7. The quantitative estimate of drug-likeness (QED) is 0.109. The van der Waals surface area contributed by atoms with E-state index in [-0.39, 0.29) is 56.8 Å². The Bertz CT molecular complexity index is 2080. The summed E-state index contributed by atoms with van der Waals surface area (Å²) in [7, 11) is 1.48. The van der Waals surface area contributed by atoms with Gasteiger partial charge in [-0.3, -0.25) is 9.59 Å². The van der Waals surface area contributed by atoms with Crippen molar-refractivity contribution in [1.29, 1.82) is 0 Å². The van der Waals surface area contributed by atoms with Crippen LogP contribution in [0.3, 0.4) is 0 Å². The fourth-order valence-corrected chi connectivity index (χ4v) is 8.42. The molecule has 14 heteroatoms. The summed E-state index contributed by atoms with van der Waals surface area (Å²) in [6.07, 6.45) is -4.97. The largest absolute Gasteiger partial charge is 0.446 e. The zero-order valence-electron chi connectivity index (χ0n) is 33.7. The summed E-state index contributed by atoms with van der Waals surface area (Å²) in [5.41, 5.74) is 3.27. The van der Waals surface area contributed by atoms with Gasteiger partial charge in [0.05, 0.1) is 30.2 Å². The predicted octanol–water partition coefficient (Wildman–Crippen LogP) is 6.20. The Morgan fingerprint density at radius 1 is 0.820 bits per heavy atom. The number of carbonyl (C=O) groups is 3. The molecule has 3 aliphatic rings. The Hall–Kier alpha value is -4.61. The highest BCUT2D eigenvalue weighted by atomic mass is 79.9. The minimum Gasteiger partial charge on any atom is -0.446 e. The van der Waals surface area contributed by atoms with E-state index >= 15 is 0 Å². The van der Waals surface area contributed by atoms with Gasteiger partial charge in [-0.15, -0.1) is 0 Å². The summed E-state index contributed by atoms with van der Waals surface area (Å²) >= 11 is 3.36. The lowest BCUT2D eigenvalue weighted by atomic mass is 9.87. The van der Waals surface area contributed by atoms with Crippen LogP contribution in [-0.4, -0.2) is 102 Å². The number of aliphatic hydroxyl groups excluding tert-OH is 1. The van der Waals surface area contributed by atoms with Crippen molar-refractivity contribution in [2.45, 2.75) is 81.1 Å². The number of rotatable bonds is 18. The van der Waals surface area contributed by atoms with Crippen LogP contribution in [0.15, 0.2) is 132 Å². The highest BCUT2D eigenvalue weighted by molar-refractivity contribution is 9.11. The monoisotopic (exact) mass is 899 g/mol. The molecule has 0 aliphatic carbocycles. The van der Waals surface area contributed by atoms with Crippen molar-refractivity contribution in [3.8, 4) is 0 Å². The topological polar surface area (TPSA) is 160 Å². The zero-order valence-corrected chi connectivity index (χ0v) is 35.3. The number of ether oxygens (including phenoxy) is 7. The Morgan fingerprint density at radius 2 is 1.39 bits per heavy atom. The van der Waals surface area contributed by atoms with Crippen LogP contribution in [0.4, 0.5) is 4.79 Å². The number of amides is 2. The maximum absolute atomic E-state index is 14.5. The molecule has 2 fully saturated rings. The second kappa shape index (κ2) is 21.0. The number of cyclic esters (lactones) is 1. The lowest BCUT2D eigenvalue weighted by Gasteiger charge is -2.45. The first-order chi connectivity index (χ1) is 29.7. The maximum Gasteiger partial charge on any atom is 0.417 e. The molecule has 4 aromatic rings. The minimum absolute atomic E-state index is 0.0405. The molecule has 3 aliphatic heterocycles. The van der Waals surface area contributed by atoms with Gasteiger partial charge in [-0.05, 0) is 57.1 Å². The molecule has 3 heterocycles. The van der Waals surface area contributed by atoms with Crippen LogP contribution in [0.5, 0.6) is 0 Å². The summed E-state index contributed by atoms with van der Waals surface area (Å²) < 4.78 is 43.0. The third kappa shape index (κ3) is 10.7. The summed E-state index contributed by atoms with van der Waals surface area (Å²) in [5, 5.41) is 22.5. The van der Waals surface area contributed by atoms with Crippen LogP contribution in [-0.2, 0) is 62.4 Å². The summed E-state index contributed by atoms with van der Waals surface area (Å²) in [6.45, 7) is 0.0857. The number of imide groups is 1. The van der Waals surface area contributed by atoms with Crippen LogP contribution in [0.1, 0.15) is 41.1 Å². The van der Waals surface area contributed by atoms with Gasteiger partial charge in [0.15, 0.2) is 17.9 Å². The average Bonchev–Trinajstić information content (AvgIpc) is 3.69. The van der Waals surface area contributed by atoms with E-state index < -0.39 is 72.3 Å². The SMILES string of the molecule is CO[C@H]1O[C@H](CO)[C@@H](OCc2ccccc2)[C@H](OCc2ccccc2)[C@@H]1OCCC[C@@]1(O)O[C@@H]([C@H](Cc2ccccc2)C(=O)N2C(=O)OC[C@@H]2c2ccccc2)C(=O)C=C1Br. The second-order valence-corrected chi connectivity index (χ2v) is 16.0. The van der Waals surface area contributed by atoms with Crippen LogP contribution in [0.2, 0.25) is 0 Å². The molecule has 7 rings (SSSR count). The molecule has 0 aromatic heterocycles. The van der Waals surface area contributed by atoms with Gasteiger partial charge >= 0.3 is 6.09 Å². The number of benzene rings is 4. The minimum atomic E-state index is -2.04. The average molecular weight is 901 g/mol. The molecule has 61 heavy (non-hydrogen) atoms. The predicted molar refractivity (Wildman–Crippen MR) is 225 cm³/mol. The highest BCUT2D eigenvalue weighted by Crippen LogP contribution is 2.39. The molecule has 0 unspecified atom stereocenters. The van der Waals surface area contributed by atoms with Crippen LogP contribution in [0.25, 0.3) is 0 Å². The number of methoxy groups -OCH3 is 1. The molecule has 2 N–H and O–H groups in total. The van der Waals surface area contributed by atoms with Gasteiger partial charge in [0, 0.05) is 20.1 Å². The molecule has 0 bridgehead atoms. The number of ketones is 1. The van der Waals surface area contributed by atoms with Gasteiger partial charge in [-0.1, -0.05) is 121 Å². The zero-order chi connectivity index (χ0) is 42.8. The third-order valence-electron chi connectivity index (χ3n) is 11.1. The molecule has 9 atom stereocenters. The van der Waals surface area contributed by atoms with Gasteiger partial charge in [-0.2, -0.15) is 0 Å². The van der Waals surface area contributed by atoms with E-state index in [4.69, 9.17) is 33.2 Å². The van der Waals surface area contributed by atoms with Crippen molar-refractivity contribution in [2.24, 2.45) is 5.92 Å². The van der Waals surface area contributed by atoms with Gasteiger partial charge in [0.2, 0.25) is 5.91 Å². The van der Waals surface area contributed by atoms with Gasteiger partial charge in [0.25, 0.3) is 0 Å². The normalized spacial score (nSPS) is 27.0. The van der Waals surface area contributed by atoms with Crippen LogP contribution < -0.4 is 0 Å². The summed E-state index contributed by atoms with van der Waals surface area (Å²) in [5.74, 6) is -4.46. The maximum atomic E-state index is 14.5. The molecular weight excluding hydrogens is 850 g/mol. The first-order valence-corrected chi connectivity index (χ1v) is 21.1. The Kier molecular flexibility index (Phi) is 15.3. The number of hydrogen-bond donors (Lipinski definition) is 2. The fourth-order valence-electron chi connectivity index (χ4n) is 7.91. The standard InChI is InChI=1S/C47H50BrNO12/c1-55-45-43(42(58-29-33-19-10-4-11-20-33)41(38(27-50)60-45)57-28-32-17-8-3-9-18-32)56-24-14-23-47(54)39(48)26-37(51)40(61-47)35(25-31-15-6-2-7-16-31)44(52)49-36(30-59-46(49)53)34-21-12-5-13-22-34/h2-13,15-22,26,35-36,38,40-43,45,50,54H,14,23-25,27-30H2,1H3/t35-,36+,38+,40-,41+,42-,43-,45-,47+/m0/s1. The van der Waals surface area contributed by atoms with Crippen molar-refractivity contribution in [1.82, 2.24) is 4.90 Å². The van der Waals surface area contributed by atoms with Crippen molar-refractivity contribution >= 4 is 33.7 Å². The lowest BCUT2D eigenvalue weighted by molar-refractivity contribution is -0.320. The van der Waals surface area contributed by atoms with E-state index in [0.29, 0.717) is 5.56 Å². The summed E-state index contributed by atoms with van der Waals surface area (Å²) in [4.78, 5) is 42.5. The van der Waals surface area contributed by atoms with E-state index in [1.807, 2.05) is 97.1 Å². The lowest BCUT2D eigenvalue weighted by Crippen LogP contribution is -2.61. The van der Waals surface area contributed by atoms with Crippen molar-refractivity contribution in [3.63, 3.8) is 0 Å². The molecule has 0 spiro atoms. The Labute approximate surface area is 363 Å². The Balaban J connectivity index is 1.08. The third-order valence-corrected chi connectivity index (χ3v) is 11.9. The molecule has 2 saturated heterocycles. The fraction of sp³-hybridized carbons (Fsp3) is 0.383. The molecule has 0 saturated carbocycles. The van der Waals surface area contributed by atoms with E-state index in [0.717, 1.165) is 21.6 Å².